The van der Waals surface area contributed by atoms with Gasteiger partial charge in [-0.1, -0.05) is 50.6 Å². The highest BCUT2D eigenvalue weighted by molar-refractivity contribution is 5.83. The first kappa shape index (κ1) is 21.5. The molecule has 26 heavy (non-hydrogen) atoms. The van der Waals surface area contributed by atoms with Crippen LogP contribution in [0.1, 0.15) is 45.1 Å². The maximum atomic E-state index is 11.8. The first-order valence-corrected chi connectivity index (χ1v) is 8.87. The Morgan fingerprint density at radius 3 is 2.38 bits per heavy atom. The van der Waals surface area contributed by atoms with Crippen LogP contribution in [0.15, 0.2) is 30.3 Å². The number of ether oxygens (including phenoxy) is 1. The molecular weight excluding hydrogens is 336 g/mol. The normalized spacial score (nSPS) is 11.7. The number of carboxylic acids is 1. The second kappa shape index (κ2) is 11.9. The van der Waals surface area contributed by atoms with Crippen molar-refractivity contribution in [2.45, 2.75) is 52.2 Å². The predicted molar refractivity (Wildman–Crippen MR) is 97.5 cm³/mol. The van der Waals surface area contributed by atoms with Gasteiger partial charge in [-0.15, -0.1) is 0 Å². The van der Waals surface area contributed by atoms with Crippen LogP contribution in [0.2, 0.25) is 0 Å². The molecule has 0 radical (unpaired) electrons. The zero-order valence-corrected chi connectivity index (χ0v) is 15.4. The number of amides is 2. The van der Waals surface area contributed by atoms with E-state index in [2.05, 4.69) is 10.6 Å². The molecule has 0 aliphatic heterocycles. The van der Waals surface area contributed by atoms with Crippen LogP contribution in [0.25, 0.3) is 0 Å². The Bertz CT molecular complexity index is 575. The summed E-state index contributed by atoms with van der Waals surface area (Å²) in [5.74, 6) is -1.45. The van der Waals surface area contributed by atoms with Gasteiger partial charge >= 0.3 is 12.1 Å². The minimum absolute atomic E-state index is 0.164. The van der Waals surface area contributed by atoms with E-state index in [1.807, 2.05) is 30.3 Å². The van der Waals surface area contributed by atoms with Crippen LogP contribution in [-0.4, -0.2) is 35.7 Å². The quantitative estimate of drug-likeness (QED) is 0.524. The lowest BCUT2D eigenvalue weighted by Crippen LogP contribution is -2.44. The van der Waals surface area contributed by atoms with E-state index in [0.29, 0.717) is 13.0 Å². The molecule has 2 amide bonds. The highest BCUT2D eigenvalue weighted by Gasteiger charge is 2.22. The fourth-order valence-corrected chi connectivity index (χ4v) is 2.31. The van der Waals surface area contributed by atoms with Crippen LogP contribution in [0, 0.1) is 5.92 Å². The summed E-state index contributed by atoms with van der Waals surface area (Å²) >= 11 is 0. The molecule has 0 fully saturated rings. The van der Waals surface area contributed by atoms with Crippen molar-refractivity contribution in [2.24, 2.45) is 5.92 Å². The summed E-state index contributed by atoms with van der Waals surface area (Å²) in [5, 5.41) is 14.2. The first-order valence-electron chi connectivity index (χ1n) is 8.87. The number of rotatable bonds is 11. The van der Waals surface area contributed by atoms with Gasteiger partial charge in [0, 0.05) is 13.0 Å². The molecule has 3 N–H and O–H groups in total. The van der Waals surface area contributed by atoms with Crippen molar-refractivity contribution in [2.75, 3.05) is 6.54 Å². The van der Waals surface area contributed by atoms with Crippen molar-refractivity contribution in [3.63, 3.8) is 0 Å². The minimum atomic E-state index is -1.02. The number of unbranched alkanes of at least 4 members (excludes halogenated alkanes) is 2. The third-order valence-electron chi connectivity index (χ3n) is 3.81. The van der Waals surface area contributed by atoms with Gasteiger partial charge in [0.1, 0.15) is 12.6 Å². The number of alkyl carbamates (subject to hydrolysis) is 1. The summed E-state index contributed by atoms with van der Waals surface area (Å²) in [6.45, 7) is 4.20. The fourth-order valence-electron chi connectivity index (χ4n) is 2.31. The number of aliphatic carboxylic acids is 1. The Morgan fingerprint density at radius 1 is 1.08 bits per heavy atom. The van der Waals surface area contributed by atoms with Crippen molar-refractivity contribution in [3.05, 3.63) is 35.9 Å². The second-order valence-corrected chi connectivity index (χ2v) is 6.43. The molecule has 7 heteroatoms. The van der Waals surface area contributed by atoms with Crippen molar-refractivity contribution in [1.82, 2.24) is 10.6 Å². The molecule has 1 unspecified atom stereocenters. The Hall–Kier alpha value is -2.57. The number of carboxylic acid groups (broad SMARTS) is 1. The molecule has 1 aromatic rings. The third kappa shape index (κ3) is 9.05. The monoisotopic (exact) mass is 364 g/mol. The van der Waals surface area contributed by atoms with Gasteiger partial charge < -0.3 is 20.5 Å². The lowest BCUT2D eigenvalue weighted by molar-refractivity contribution is -0.143. The van der Waals surface area contributed by atoms with Crippen LogP contribution < -0.4 is 10.6 Å². The molecule has 0 heterocycles. The number of nitrogens with one attached hydrogen (secondary N) is 2. The standard InChI is InChI=1S/C19H28N2O5/c1-14(2)17(18(23)24)21-16(22)11-7-4-8-12-20-19(25)26-13-15-9-5-3-6-10-15/h3,5-6,9-10,14,17H,4,7-8,11-13H2,1-2H3,(H,20,25)(H,21,22)(H,23,24). The van der Waals surface area contributed by atoms with E-state index in [4.69, 9.17) is 9.84 Å². The van der Waals surface area contributed by atoms with Gasteiger partial charge in [0.2, 0.25) is 5.91 Å². The molecule has 0 aliphatic rings. The van der Waals surface area contributed by atoms with Crippen LogP contribution in [-0.2, 0) is 20.9 Å². The SMILES string of the molecule is CC(C)C(NC(=O)CCCCCNC(=O)OCc1ccccc1)C(=O)O. The number of hydrogen-bond acceptors (Lipinski definition) is 4. The number of carbonyl (C=O) groups is 3. The van der Waals surface area contributed by atoms with Crippen LogP contribution in [0.3, 0.4) is 0 Å². The van der Waals surface area contributed by atoms with Gasteiger partial charge in [-0.25, -0.2) is 9.59 Å². The molecule has 0 spiro atoms. The number of hydrogen-bond donors (Lipinski definition) is 3. The highest BCUT2D eigenvalue weighted by atomic mass is 16.5. The van der Waals surface area contributed by atoms with E-state index in [1.54, 1.807) is 13.8 Å². The first-order chi connectivity index (χ1) is 12.4. The van der Waals surface area contributed by atoms with Gasteiger partial charge in [0.05, 0.1) is 0 Å². The second-order valence-electron chi connectivity index (χ2n) is 6.43. The smallest absolute Gasteiger partial charge is 0.407 e. The Balaban J connectivity index is 2.07. The Labute approximate surface area is 154 Å². The topological polar surface area (TPSA) is 105 Å². The van der Waals surface area contributed by atoms with E-state index in [9.17, 15) is 14.4 Å². The van der Waals surface area contributed by atoms with Crippen molar-refractivity contribution >= 4 is 18.0 Å². The van der Waals surface area contributed by atoms with Crippen molar-refractivity contribution in [1.29, 1.82) is 0 Å². The summed E-state index contributed by atoms with van der Waals surface area (Å²) in [6, 6.07) is 8.57. The van der Waals surface area contributed by atoms with E-state index < -0.39 is 18.1 Å². The molecule has 0 aromatic heterocycles. The minimum Gasteiger partial charge on any atom is -0.480 e. The van der Waals surface area contributed by atoms with Crippen LogP contribution in [0.5, 0.6) is 0 Å². The summed E-state index contributed by atoms with van der Waals surface area (Å²) in [5.41, 5.74) is 0.926. The Morgan fingerprint density at radius 2 is 1.77 bits per heavy atom. The van der Waals surface area contributed by atoms with Gasteiger partial charge in [-0.2, -0.15) is 0 Å². The lowest BCUT2D eigenvalue weighted by Gasteiger charge is -2.17. The van der Waals surface area contributed by atoms with E-state index >= 15 is 0 Å². The summed E-state index contributed by atoms with van der Waals surface area (Å²) in [6.07, 6.45) is 1.92. The molecule has 1 rings (SSSR count). The van der Waals surface area contributed by atoms with Crippen LogP contribution in [0.4, 0.5) is 4.79 Å². The zero-order chi connectivity index (χ0) is 19.4. The largest absolute Gasteiger partial charge is 0.480 e. The van der Waals surface area contributed by atoms with E-state index in [1.165, 1.54) is 0 Å². The maximum absolute atomic E-state index is 11.8. The Kier molecular flexibility index (Phi) is 9.82. The number of carbonyl (C=O) groups excluding carboxylic acids is 2. The average molecular weight is 364 g/mol. The third-order valence-corrected chi connectivity index (χ3v) is 3.81. The highest BCUT2D eigenvalue weighted by Crippen LogP contribution is 2.05. The molecule has 7 nitrogen and oxygen atoms in total. The zero-order valence-electron chi connectivity index (χ0n) is 15.4. The average Bonchev–Trinajstić information content (AvgIpc) is 2.61. The van der Waals surface area contributed by atoms with E-state index in [0.717, 1.165) is 18.4 Å². The van der Waals surface area contributed by atoms with Gasteiger partial charge in [0.25, 0.3) is 0 Å². The van der Waals surface area contributed by atoms with Gasteiger partial charge in [-0.3, -0.25) is 4.79 Å². The molecular formula is C19H28N2O5. The molecule has 1 atom stereocenters. The lowest BCUT2D eigenvalue weighted by atomic mass is 10.0. The van der Waals surface area contributed by atoms with Crippen molar-refractivity contribution < 1.29 is 24.2 Å². The molecule has 1 aromatic carbocycles. The van der Waals surface area contributed by atoms with Crippen LogP contribution >= 0.6 is 0 Å². The fraction of sp³-hybridized carbons (Fsp3) is 0.526. The summed E-state index contributed by atoms with van der Waals surface area (Å²) in [4.78, 5) is 34.3. The predicted octanol–water partition coefficient (Wildman–Crippen LogP) is 2.70. The van der Waals surface area contributed by atoms with Gasteiger partial charge in [-0.05, 0) is 24.3 Å². The molecule has 0 saturated heterocycles. The molecule has 0 saturated carbocycles. The van der Waals surface area contributed by atoms with Gasteiger partial charge in [0.15, 0.2) is 0 Å². The van der Waals surface area contributed by atoms with E-state index in [-0.39, 0.29) is 24.9 Å². The van der Waals surface area contributed by atoms with Crippen molar-refractivity contribution in [3.8, 4) is 0 Å². The molecule has 0 aliphatic carbocycles. The maximum Gasteiger partial charge on any atom is 0.407 e. The molecule has 0 bridgehead atoms. The summed E-state index contributed by atoms with van der Waals surface area (Å²) in [7, 11) is 0. The molecule has 144 valence electrons. The number of benzene rings is 1. The summed E-state index contributed by atoms with van der Waals surface area (Å²) < 4.78 is 5.09.